The van der Waals surface area contributed by atoms with Gasteiger partial charge in [0.25, 0.3) is 0 Å². The number of fused-ring (bicyclic) bond motifs is 1. The molecule has 0 saturated carbocycles. The molecule has 5 nitrogen and oxygen atoms in total. The molecule has 24 heavy (non-hydrogen) atoms. The zero-order valence-electron chi connectivity index (χ0n) is 13.6. The normalized spacial score (nSPS) is 10.9. The lowest BCUT2D eigenvalue weighted by Gasteiger charge is -2.21. The maximum atomic E-state index is 12.6. The van der Waals surface area contributed by atoms with Crippen LogP contribution < -0.4 is 10.3 Å². The molecule has 0 radical (unpaired) electrons. The van der Waals surface area contributed by atoms with Gasteiger partial charge in [-0.2, -0.15) is 0 Å². The summed E-state index contributed by atoms with van der Waals surface area (Å²) in [4.78, 5) is 14.7. The number of phenols is 1. The molecular formula is C19H19NO4. The summed E-state index contributed by atoms with van der Waals surface area (Å²) in [5.74, 6) is -0.224. The van der Waals surface area contributed by atoms with E-state index in [1.807, 2.05) is 19.9 Å². The Bertz CT molecular complexity index is 924. The zero-order chi connectivity index (χ0) is 17.3. The molecule has 3 aromatic rings. The number of aromatic hydroxyl groups is 2. The first-order valence-corrected chi connectivity index (χ1v) is 7.89. The fourth-order valence-corrected chi connectivity index (χ4v) is 2.77. The summed E-state index contributed by atoms with van der Waals surface area (Å²) in [6.07, 6.45) is 0. The number of nitrogens with zero attached hydrogens (tertiary/aromatic N) is 1. The maximum absolute atomic E-state index is 12.6. The van der Waals surface area contributed by atoms with Gasteiger partial charge in [-0.05, 0) is 56.3 Å². The Kier molecular flexibility index (Phi) is 4.16. The van der Waals surface area contributed by atoms with Gasteiger partial charge in [-0.15, -0.1) is 0 Å². The monoisotopic (exact) mass is 325 g/mol. The molecule has 0 bridgehead atoms. The molecule has 3 rings (SSSR count). The molecule has 0 aliphatic carbocycles. The highest BCUT2D eigenvalue weighted by Gasteiger charge is 2.16. The lowest BCUT2D eigenvalue weighted by atomic mass is 10.1. The summed E-state index contributed by atoms with van der Waals surface area (Å²) in [6.45, 7) is 5.74. The van der Waals surface area contributed by atoms with Crippen LogP contribution >= 0.6 is 0 Å². The molecule has 0 saturated heterocycles. The third-order valence-electron chi connectivity index (χ3n) is 4.11. The van der Waals surface area contributed by atoms with E-state index < -0.39 is 11.2 Å². The van der Waals surface area contributed by atoms with Crippen molar-refractivity contribution in [2.24, 2.45) is 0 Å². The smallest absolute Gasteiger partial charge is 0.235 e. The van der Waals surface area contributed by atoms with E-state index in [4.69, 9.17) is 4.42 Å². The number of anilines is 1. The number of phenolic OH excluding ortho intramolecular Hbond substituents is 1. The van der Waals surface area contributed by atoms with Crippen molar-refractivity contribution in [1.82, 2.24) is 0 Å². The average molecular weight is 325 g/mol. The summed E-state index contributed by atoms with van der Waals surface area (Å²) in [6, 6.07) is 11.5. The molecule has 2 aromatic carbocycles. The van der Waals surface area contributed by atoms with E-state index in [2.05, 4.69) is 4.90 Å². The first-order valence-electron chi connectivity index (χ1n) is 7.89. The van der Waals surface area contributed by atoms with Crippen LogP contribution in [0, 0.1) is 0 Å². The molecule has 0 amide bonds. The number of benzene rings is 2. The maximum Gasteiger partial charge on any atom is 0.235 e. The van der Waals surface area contributed by atoms with Crippen molar-refractivity contribution >= 4 is 16.7 Å². The van der Waals surface area contributed by atoms with Gasteiger partial charge in [0.2, 0.25) is 11.2 Å². The van der Waals surface area contributed by atoms with Crippen LogP contribution in [0.15, 0.2) is 51.7 Å². The van der Waals surface area contributed by atoms with Crippen LogP contribution in [0.2, 0.25) is 0 Å². The molecule has 0 spiro atoms. The van der Waals surface area contributed by atoms with E-state index in [9.17, 15) is 15.0 Å². The highest BCUT2D eigenvalue weighted by atomic mass is 16.4. The van der Waals surface area contributed by atoms with Crippen LogP contribution in [0.1, 0.15) is 13.8 Å². The van der Waals surface area contributed by atoms with Crippen molar-refractivity contribution in [2.75, 3.05) is 18.0 Å². The second kappa shape index (κ2) is 6.28. The number of hydrogen-bond donors (Lipinski definition) is 2. The van der Waals surface area contributed by atoms with Gasteiger partial charge >= 0.3 is 0 Å². The number of hydrogen-bond acceptors (Lipinski definition) is 5. The SMILES string of the molecule is CCN(CC)c1ccc2oc(-c3ccc(O)cc3)c(O)c(=O)c2c1. The van der Waals surface area contributed by atoms with Crippen molar-refractivity contribution < 1.29 is 14.6 Å². The van der Waals surface area contributed by atoms with Crippen molar-refractivity contribution in [3.05, 3.63) is 52.7 Å². The zero-order valence-corrected chi connectivity index (χ0v) is 13.6. The standard InChI is InChI=1S/C19H19NO4/c1-3-20(4-2)13-7-10-16-15(11-13)17(22)18(23)19(24-16)12-5-8-14(21)9-6-12/h5-11,21,23H,3-4H2,1-2H3. The Hall–Kier alpha value is -2.95. The van der Waals surface area contributed by atoms with E-state index in [0.29, 0.717) is 16.5 Å². The summed E-state index contributed by atoms with van der Waals surface area (Å²) < 4.78 is 5.75. The van der Waals surface area contributed by atoms with E-state index in [0.717, 1.165) is 18.8 Å². The molecular weight excluding hydrogens is 306 g/mol. The van der Waals surface area contributed by atoms with Crippen LogP contribution in [-0.4, -0.2) is 23.3 Å². The van der Waals surface area contributed by atoms with Crippen molar-refractivity contribution in [3.8, 4) is 22.8 Å². The first-order chi connectivity index (χ1) is 11.5. The van der Waals surface area contributed by atoms with Crippen LogP contribution in [0.4, 0.5) is 5.69 Å². The van der Waals surface area contributed by atoms with Gasteiger partial charge < -0.3 is 19.5 Å². The van der Waals surface area contributed by atoms with E-state index in [1.54, 1.807) is 24.3 Å². The van der Waals surface area contributed by atoms with Crippen molar-refractivity contribution in [2.45, 2.75) is 13.8 Å². The van der Waals surface area contributed by atoms with Gasteiger partial charge in [0, 0.05) is 24.3 Å². The largest absolute Gasteiger partial charge is 0.508 e. The quantitative estimate of drug-likeness (QED) is 0.765. The van der Waals surface area contributed by atoms with Gasteiger partial charge in [-0.1, -0.05) is 0 Å². The Morgan fingerprint density at radius 3 is 2.29 bits per heavy atom. The summed E-state index contributed by atoms with van der Waals surface area (Å²) in [5.41, 5.74) is 1.39. The van der Waals surface area contributed by atoms with Crippen LogP contribution in [-0.2, 0) is 0 Å². The Morgan fingerprint density at radius 1 is 1.00 bits per heavy atom. The average Bonchev–Trinajstić information content (AvgIpc) is 2.60. The number of rotatable bonds is 4. The fourth-order valence-electron chi connectivity index (χ4n) is 2.77. The fraction of sp³-hybridized carbons (Fsp3) is 0.211. The molecule has 124 valence electrons. The third kappa shape index (κ3) is 2.69. The molecule has 1 heterocycles. The summed E-state index contributed by atoms with van der Waals surface area (Å²) >= 11 is 0. The molecule has 1 aromatic heterocycles. The van der Waals surface area contributed by atoms with Crippen molar-refractivity contribution in [3.63, 3.8) is 0 Å². The van der Waals surface area contributed by atoms with Gasteiger partial charge in [0.15, 0.2) is 5.76 Å². The van der Waals surface area contributed by atoms with Crippen LogP contribution in [0.5, 0.6) is 11.5 Å². The van der Waals surface area contributed by atoms with Crippen LogP contribution in [0.25, 0.3) is 22.3 Å². The van der Waals surface area contributed by atoms with E-state index >= 15 is 0 Å². The van der Waals surface area contributed by atoms with Crippen molar-refractivity contribution in [1.29, 1.82) is 0 Å². The van der Waals surface area contributed by atoms with E-state index in [-0.39, 0.29) is 11.5 Å². The molecule has 0 aliphatic rings. The highest BCUT2D eigenvalue weighted by Crippen LogP contribution is 2.32. The summed E-state index contributed by atoms with van der Waals surface area (Å²) in [7, 11) is 0. The van der Waals surface area contributed by atoms with Crippen LogP contribution in [0.3, 0.4) is 0 Å². The predicted octanol–water partition coefficient (Wildman–Crippen LogP) is 3.72. The Balaban J connectivity index is 2.19. The predicted molar refractivity (Wildman–Crippen MR) is 94.8 cm³/mol. The second-order valence-corrected chi connectivity index (χ2v) is 5.51. The lowest BCUT2D eigenvalue weighted by Crippen LogP contribution is -2.21. The topological polar surface area (TPSA) is 73.9 Å². The molecule has 0 unspecified atom stereocenters. The minimum Gasteiger partial charge on any atom is -0.508 e. The summed E-state index contributed by atoms with van der Waals surface area (Å²) in [5, 5.41) is 20.0. The van der Waals surface area contributed by atoms with Gasteiger partial charge in [-0.3, -0.25) is 4.79 Å². The Labute approximate surface area is 139 Å². The minimum absolute atomic E-state index is 0.100. The molecule has 2 N–H and O–H groups in total. The molecule has 0 fully saturated rings. The lowest BCUT2D eigenvalue weighted by molar-refractivity contribution is 0.449. The first kappa shape index (κ1) is 15.9. The van der Waals surface area contributed by atoms with Gasteiger partial charge in [0.1, 0.15) is 11.3 Å². The molecule has 0 aliphatic heterocycles. The van der Waals surface area contributed by atoms with E-state index in [1.165, 1.54) is 12.1 Å². The third-order valence-corrected chi connectivity index (χ3v) is 4.11. The molecule has 5 heteroatoms. The molecule has 0 atom stereocenters. The van der Waals surface area contributed by atoms with Gasteiger partial charge in [-0.25, -0.2) is 0 Å². The highest BCUT2D eigenvalue weighted by molar-refractivity contribution is 5.85. The minimum atomic E-state index is -0.465. The van der Waals surface area contributed by atoms with Gasteiger partial charge in [0.05, 0.1) is 5.39 Å². The second-order valence-electron chi connectivity index (χ2n) is 5.51. The Morgan fingerprint density at radius 2 is 1.67 bits per heavy atom.